The summed E-state index contributed by atoms with van der Waals surface area (Å²) in [6.07, 6.45) is 1.68. The van der Waals surface area contributed by atoms with Gasteiger partial charge in [0.25, 0.3) is 0 Å². The van der Waals surface area contributed by atoms with E-state index >= 15 is 0 Å². The number of nitrogens with zero attached hydrogens (tertiary/aromatic N) is 2. The molecule has 0 aliphatic rings. The van der Waals surface area contributed by atoms with Crippen LogP contribution in [0.25, 0.3) is 0 Å². The van der Waals surface area contributed by atoms with Gasteiger partial charge in [0.05, 0.1) is 19.4 Å². The SMILES string of the molecule is CCNC(=NCc1ccc(N(C)C)cc1C)NCc1ccco1.I. The van der Waals surface area contributed by atoms with Crippen LogP contribution in [0, 0.1) is 6.92 Å². The predicted octanol–water partition coefficient (Wildman–Crippen LogP) is 3.53. The van der Waals surface area contributed by atoms with Gasteiger partial charge in [-0.1, -0.05) is 6.07 Å². The van der Waals surface area contributed by atoms with Gasteiger partial charge in [-0.25, -0.2) is 4.99 Å². The molecule has 0 saturated carbocycles. The highest BCUT2D eigenvalue weighted by atomic mass is 127. The van der Waals surface area contributed by atoms with E-state index in [1.54, 1.807) is 6.26 Å². The van der Waals surface area contributed by atoms with Crippen molar-refractivity contribution in [3.05, 3.63) is 53.5 Å². The Morgan fingerprint density at radius 1 is 1.21 bits per heavy atom. The molecule has 0 unspecified atom stereocenters. The molecule has 1 aromatic carbocycles. The predicted molar refractivity (Wildman–Crippen MR) is 111 cm³/mol. The third-order valence-electron chi connectivity index (χ3n) is 3.60. The molecule has 0 radical (unpaired) electrons. The topological polar surface area (TPSA) is 52.8 Å². The zero-order valence-electron chi connectivity index (χ0n) is 14.8. The third kappa shape index (κ3) is 6.07. The standard InChI is InChI=1S/C18H26N4O.HI/c1-5-19-18(21-13-17-7-6-10-23-17)20-12-15-8-9-16(22(3)4)11-14(15)2;/h6-11H,5,12-13H2,1-4H3,(H2,19,20,21);1H. The molecule has 2 N–H and O–H groups in total. The average molecular weight is 442 g/mol. The Balaban J connectivity index is 0.00000288. The summed E-state index contributed by atoms with van der Waals surface area (Å²) < 4.78 is 5.33. The number of aryl methyl sites for hydroxylation is 1. The molecule has 5 nitrogen and oxygen atoms in total. The lowest BCUT2D eigenvalue weighted by Crippen LogP contribution is -2.36. The Morgan fingerprint density at radius 3 is 2.58 bits per heavy atom. The number of benzene rings is 1. The van der Waals surface area contributed by atoms with E-state index in [2.05, 4.69) is 66.7 Å². The normalized spacial score (nSPS) is 10.9. The van der Waals surface area contributed by atoms with Gasteiger partial charge in [0.2, 0.25) is 0 Å². The van der Waals surface area contributed by atoms with E-state index in [-0.39, 0.29) is 24.0 Å². The van der Waals surface area contributed by atoms with Crippen LogP contribution in [-0.2, 0) is 13.1 Å². The van der Waals surface area contributed by atoms with E-state index in [0.717, 1.165) is 18.3 Å². The summed E-state index contributed by atoms with van der Waals surface area (Å²) in [5.41, 5.74) is 3.69. The van der Waals surface area contributed by atoms with Gasteiger partial charge in [0.15, 0.2) is 5.96 Å². The average Bonchev–Trinajstić information content (AvgIpc) is 3.04. The molecule has 0 spiro atoms. The van der Waals surface area contributed by atoms with Crippen molar-refractivity contribution in [3.8, 4) is 0 Å². The fraction of sp³-hybridized carbons (Fsp3) is 0.389. The molecule has 0 aliphatic carbocycles. The molecule has 24 heavy (non-hydrogen) atoms. The van der Waals surface area contributed by atoms with Gasteiger partial charge in [-0.3, -0.25) is 0 Å². The molecule has 0 amide bonds. The molecule has 1 heterocycles. The van der Waals surface area contributed by atoms with Gasteiger partial charge in [0.1, 0.15) is 5.76 Å². The first-order valence-corrected chi connectivity index (χ1v) is 7.91. The number of hydrogen-bond acceptors (Lipinski definition) is 3. The summed E-state index contributed by atoms with van der Waals surface area (Å²) in [6, 6.07) is 10.3. The van der Waals surface area contributed by atoms with E-state index in [9.17, 15) is 0 Å². The van der Waals surface area contributed by atoms with Crippen LogP contribution in [0.4, 0.5) is 5.69 Å². The maximum atomic E-state index is 5.33. The molecule has 0 atom stereocenters. The fourth-order valence-electron chi connectivity index (χ4n) is 2.23. The molecule has 0 fully saturated rings. The van der Waals surface area contributed by atoms with Gasteiger partial charge in [-0.05, 0) is 49.2 Å². The minimum atomic E-state index is 0. The van der Waals surface area contributed by atoms with Crippen LogP contribution in [0.3, 0.4) is 0 Å². The van der Waals surface area contributed by atoms with Crippen LogP contribution in [0.5, 0.6) is 0 Å². The summed E-state index contributed by atoms with van der Waals surface area (Å²) in [7, 11) is 4.10. The number of halogens is 1. The zero-order chi connectivity index (χ0) is 16.7. The molecule has 0 aliphatic heterocycles. The number of hydrogen-bond donors (Lipinski definition) is 2. The van der Waals surface area contributed by atoms with Crippen LogP contribution in [0.2, 0.25) is 0 Å². The van der Waals surface area contributed by atoms with Crippen molar-refractivity contribution in [3.63, 3.8) is 0 Å². The highest BCUT2D eigenvalue weighted by Crippen LogP contribution is 2.17. The van der Waals surface area contributed by atoms with E-state index in [0.29, 0.717) is 13.1 Å². The van der Waals surface area contributed by atoms with Gasteiger partial charge in [-0.15, -0.1) is 24.0 Å². The quantitative estimate of drug-likeness (QED) is 0.409. The monoisotopic (exact) mass is 442 g/mol. The summed E-state index contributed by atoms with van der Waals surface area (Å²) in [4.78, 5) is 6.76. The van der Waals surface area contributed by atoms with Crippen molar-refractivity contribution in [2.45, 2.75) is 26.9 Å². The third-order valence-corrected chi connectivity index (χ3v) is 3.60. The maximum Gasteiger partial charge on any atom is 0.191 e. The first-order valence-electron chi connectivity index (χ1n) is 7.91. The Bertz CT molecular complexity index is 638. The number of nitrogens with one attached hydrogen (secondary N) is 2. The number of furan rings is 1. The van der Waals surface area contributed by atoms with E-state index in [4.69, 9.17) is 4.42 Å². The second kappa shape index (κ2) is 10.2. The van der Waals surface area contributed by atoms with Gasteiger partial charge < -0.3 is 20.0 Å². The second-order valence-electron chi connectivity index (χ2n) is 5.63. The zero-order valence-corrected chi connectivity index (χ0v) is 17.1. The minimum absolute atomic E-state index is 0. The molecular weight excluding hydrogens is 415 g/mol. The first-order chi connectivity index (χ1) is 11.1. The second-order valence-corrected chi connectivity index (χ2v) is 5.63. The lowest BCUT2D eigenvalue weighted by atomic mass is 10.1. The van der Waals surface area contributed by atoms with Crippen molar-refractivity contribution < 1.29 is 4.42 Å². The van der Waals surface area contributed by atoms with Crippen molar-refractivity contribution in [2.24, 2.45) is 4.99 Å². The highest BCUT2D eigenvalue weighted by Gasteiger charge is 2.03. The Labute approximate surface area is 161 Å². The number of aliphatic imine (C=N–C) groups is 1. The van der Waals surface area contributed by atoms with Crippen molar-refractivity contribution >= 4 is 35.6 Å². The molecule has 0 bridgehead atoms. The molecule has 2 aromatic rings. The van der Waals surface area contributed by atoms with Crippen LogP contribution in [0.15, 0.2) is 46.0 Å². The van der Waals surface area contributed by atoms with Crippen molar-refractivity contribution in [1.29, 1.82) is 0 Å². The molecule has 6 heteroatoms. The van der Waals surface area contributed by atoms with Crippen molar-refractivity contribution in [2.75, 3.05) is 25.5 Å². The molecule has 0 saturated heterocycles. The summed E-state index contributed by atoms with van der Waals surface area (Å²) >= 11 is 0. The fourth-order valence-corrected chi connectivity index (χ4v) is 2.23. The lowest BCUT2D eigenvalue weighted by Gasteiger charge is -2.15. The van der Waals surface area contributed by atoms with Crippen LogP contribution in [0.1, 0.15) is 23.8 Å². The van der Waals surface area contributed by atoms with E-state index < -0.39 is 0 Å². The van der Waals surface area contributed by atoms with Crippen molar-refractivity contribution in [1.82, 2.24) is 10.6 Å². The van der Waals surface area contributed by atoms with E-state index in [1.807, 2.05) is 12.1 Å². The smallest absolute Gasteiger partial charge is 0.191 e. The molecule has 132 valence electrons. The number of guanidine groups is 1. The lowest BCUT2D eigenvalue weighted by molar-refractivity contribution is 0.501. The van der Waals surface area contributed by atoms with Gasteiger partial charge in [-0.2, -0.15) is 0 Å². The van der Waals surface area contributed by atoms with E-state index in [1.165, 1.54) is 16.8 Å². The Kier molecular flexibility index (Phi) is 8.67. The molecular formula is C18H27IN4O. The van der Waals surface area contributed by atoms with Crippen LogP contribution < -0.4 is 15.5 Å². The van der Waals surface area contributed by atoms with Crippen LogP contribution in [-0.4, -0.2) is 26.6 Å². The van der Waals surface area contributed by atoms with Gasteiger partial charge >= 0.3 is 0 Å². The van der Waals surface area contributed by atoms with Crippen LogP contribution >= 0.6 is 24.0 Å². The summed E-state index contributed by atoms with van der Waals surface area (Å²) in [6.45, 7) is 6.27. The molecule has 2 rings (SSSR count). The Morgan fingerprint density at radius 2 is 2.00 bits per heavy atom. The summed E-state index contributed by atoms with van der Waals surface area (Å²) in [5.74, 6) is 1.68. The largest absolute Gasteiger partial charge is 0.467 e. The van der Waals surface area contributed by atoms with Gasteiger partial charge in [0, 0.05) is 26.3 Å². The summed E-state index contributed by atoms with van der Waals surface area (Å²) in [5, 5.41) is 6.53. The Hall–Kier alpha value is -1.70. The first kappa shape index (κ1) is 20.3. The minimum Gasteiger partial charge on any atom is -0.467 e. The highest BCUT2D eigenvalue weighted by molar-refractivity contribution is 14.0. The molecule has 1 aromatic heterocycles. The maximum absolute atomic E-state index is 5.33. The number of anilines is 1. The number of rotatable bonds is 6.